The zero-order chi connectivity index (χ0) is 17.5. The fourth-order valence-electron chi connectivity index (χ4n) is 2.79. The zero-order valence-electron chi connectivity index (χ0n) is 14.7. The van der Waals surface area contributed by atoms with Crippen LogP contribution in [0.25, 0.3) is 0 Å². The van der Waals surface area contributed by atoms with Crippen molar-refractivity contribution in [3.05, 3.63) is 11.2 Å². The SMILES string of the molecule is CC(C)CNC(=O)CSc1nc(Cl)cc(N(C)C2CCCCC2)n1. The van der Waals surface area contributed by atoms with E-state index in [9.17, 15) is 4.79 Å². The molecule has 1 aliphatic rings. The van der Waals surface area contributed by atoms with E-state index in [-0.39, 0.29) is 5.91 Å². The summed E-state index contributed by atoms with van der Waals surface area (Å²) in [5, 5.41) is 3.88. The fourth-order valence-corrected chi connectivity index (χ4v) is 3.70. The van der Waals surface area contributed by atoms with Gasteiger partial charge in [0.1, 0.15) is 11.0 Å². The average Bonchev–Trinajstić information content (AvgIpc) is 2.57. The van der Waals surface area contributed by atoms with Crippen molar-refractivity contribution >= 4 is 35.1 Å². The number of amides is 1. The molecule has 24 heavy (non-hydrogen) atoms. The van der Waals surface area contributed by atoms with E-state index in [4.69, 9.17) is 11.6 Å². The maximum Gasteiger partial charge on any atom is 0.230 e. The predicted molar refractivity (Wildman–Crippen MR) is 101 cm³/mol. The highest BCUT2D eigenvalue weighted by atomic mass is 35.5. The van der Waals surface area contributed by atoms with Gasteiger partial charge in [-0.2, -0.15) is 0 Å². The number of nitrogens with one attached hydrogen (secondary N) is 1. The summed E-state index contributed by atoms with van der Waals surface area (Å²) in [6, 6.07) is 2.32. The van der Waals surface area contributed by atoms with Gasteiger partial charge in [-0.15, -0.1) is 0 Å². The monoisotopic (exact) mass is 370 g/mol. The highest BCUT2D eigenvalue weighted by Crippen LogP contribution is 2.27. The molecule has 1 aromatic heterocycles. The quantitative estimate of drug-likeness (QED) is 0.450. The lowest BCUT2D eigenvalue weighted by molar-refractivity contribution is -0.118. The number of nitrogens with zero attached hydrogens (tertiary/aromatic N) is 3. The number of carbonyl (C=O) groups excluding carboxylic acids is 1. The first-order chi connectivity index (χ1) is 11.5. The predicted octanol–water partition coefficient (Wildman–Crippen LogP) is 3.76. The molecular weight excluding hydrogens is 344 g/mol. The van der Waals surface area contributed by atoms with Crippen molar-refractivity contribution in [2.75, 3.05) is 24.2 Å². The van der Waals surface area contributed by atoms with Crippen molar-refractivity contribution in [2.24, 2.45) is 5.92 Å². The van der Waals surface area contributed by atoms with Crippen LogP contribution < -0.4 is 10.2 Å². The van der Waals surface area contributed by atoms with Gasteiger partial charge in [-0.3, -0.25) is 4.79 Å². The average molecular weight is 371 g/mol. The van der Waals surface area contributed by atoms with Crippen LogP contribution >= 0.6 is 23.4 Å². The summed E-state index contributed by atoms with van der Waals surface area (Å²) in [5.74, 6) is 1.59. The molecule has 0 unspecified atom stereocenters. The molecule has 7 heteroatoms. The normalized spacial score (nSPS) is 15.5. The topological polar surface area (TPSA) is 58.1 Å². The zero-order valence-corrected chi connectivity index (χ0v) is 16.3. The molecule has 0 saturated heterocycles. The van der Waals surface area contributed by atoms with Gasteiger partial charge in [0.15, 0.2) is 5.16 Å². The molecule has 1 amide bonds. The van der Waals surface area contributed by atoms with Crippen LogP contribution in [0.15, 0.2) is 11.2 Å². The summed E-state index contributed by atoms with van der Waals surface area (Å²) >= 11 is 7.49. The molecule has 1 aliphatic carbocycles. The summed E-state index contributed by atoms with van der Waals surface area (Å²) in [7, 11) is 2.07. The molecule has 0 spiro atoms. The molecule has 1 fully saturated rings. The van der Waals surface area contributed by atoms with E-state index in [1.54, 1.807) is 6.07 Å². The Labute approximate surface area is 154 Å². The first-order valence-electron chi connectivity index (χ1n) is 8.62. The Bertz CT molecular complexity index is 549. The van der Waals surface area contributed by atoms with Gasteiger partial charge >= 0.3 is 0 Å². The van der Waals surface area contributed by atoms with Crippen LogP contribution in [0.3, 0.4) is 0 Å². The maximum atomic E-state index is 11.8. The van der Waals surface area contributed by atoms with Crippen molar-refractivity contribution in [2.45, 2.75) is 57.1 Å². The molecule has 5 nitrogen and oxygen atoms in total. The smallest absolute Gasteiger partial charge is 0.230 e. The lowest BCUT2D eigenvalue weighted by Gasteiger charge is -2.32. The second-order valence-corrected chi connectivity index (χ2v) is 8.05. The van der Waals surface area contributed by atoms with E-state index in [1.807, 2.05) is 0 Å². The highest BCUT2D eigenvalue weighted by molar-refractivity contribution is 7.99. The number of rotatable bonds is 7. The Morgan fingerprint density at radius 1 is 1.38 bits per heavy atom. The molecule has 1 saturated carbocycles. The van der Waals surface area contributed by atoms with Gasteiger partial charge in [0.25, 0.3) is 0 Å². The number of halogens is 1. The van der Waals surface area contributed by atoms with Crippen molar-refractivity contribution in [3.8, 4) is 0 Å². The van der Waals surface area contributed by atoms with Gasteiger partial charge in [-0.05, 0) is 18.8 Å². The van der Waals surface area contributed by atoms with E-state index in [0.29, 0.717) is 34.6 Å². The number of aromatic nitrogens is 2. The van der Waals surface area contributed by atoms with Gasteiger partial charge < -0.3 is 10.2 Å². The molecule has 0 aromatic carbocycles. The third-order valence-electron chi connectivity index (χ3n) is 4.18. The lowest BCUT2D eigenvalue weighted by atomic mass is 9.94. The van der Waals surface area contributed by atoms with Crippen molar-refractivity contribution in [1.82, 2.24) is 15.3 Å². The minimum absolute atomic E-state index is 0.000499. The van der Waals surface area contributed by atoms with Gasteiger partial charge in [-0.25, -0.2) is 9.97 Å². The Balaban J connectivity index is 1.96. The van der Waals surface area contributed by atoms with Gasteiger partial charge in [0.2, 0.25) is 5.91 Å². The molecule has 0 radical (unpaired) electrons. The van der Waals surface area contributed by atoms with E-state index in [2.05, 4.69) is 41.1 Å². The van der Waals surface area contributed by atoms with Gasteiger partial charge in [0.05, 0.1) is 5.75 Å². The summed E-state index contributed by atoms with van der Waals surface area (Å²) in [6.45, 7) is 4.83. The minimum Gasteiger partial charge on any atom is -0.357 e. The summed E-state index contributed by atoms with van der Waals surface area (Å²) in [5.41, 5.74) is 0. The molecule has 2 rings (SSSR count). The van der Waals surface area contributed by atoms with Crippen LogP contribution in [0, 0.1) is 5.92 Å². The van der Waals surface area contributed by atoms with Gasteiger partial charge in [0, 0.05) is 25.7 Å². The molecule has 1 heterocycles. The van der Waals surface area contributed by atoms with Crippen LogP contribution in [-0.2, 0) is 4.79 Å². The first-order valence-corrected chi connectivity index (χ1v) is 9.99. The second kappa shape index (κ2) is 9.47. The largest absolute Gasteiger partial charge is 0.357 e. The van der Waals surface area contributed by atoms with E-state index in [0.717, 1.165) is 5.82 Å². The molecule has 0 atom stereocenters. The summed E-state index contributed by atoms with van der Waals surface area (Å²) in [6.07, 6.45) is 6.24. The van der Waals surface area contributed by atoms with Crippen LogP contribution in [-0.4, -0.2) is 41.3 Å². The standard InChI is InChI=1S/C17H27ClN4OS/c1-12(2)10-19-16(23)11-24-17-20-14(18)9-15(21-17)22(3)13-7-5-4-6-8-13/h9,12-13H,4-8,10-11H2,1-3H3,(H,19,23). The lowest BCUT2D eigenvalue weighted by Crippen LogP contribution is -2.34. The Morgan fingerprint density at radius 3 is 2.75 bits per heavy atom. The third kappa shape index (κ3) is 6.13. The number of anilines is 1. The number of carbonyl (C=O) groups is 1. The second-order valence-electron chi connectivity index (χ2n) is 6.72. The van der Waals surface area contributed by atoms with Crippen LogP contribution in [0.5, 0.6) is 0 Å². The van der Waals surface area contributed by atoms with Crippen molar-refractivity contribution in [1.29, 1.82) is 0 Å². The van der Waals surface area contributed by atoms with E-state index in [1.165, 1.54) is 43.9 Å². The summed E-state index contributed by atoms with van der Waals surface area (Å²) < 4.78 is 0. The Kier molecular flexibility index (Phi) is 7.62. The number of hydrogen-bond donors (Lipinski definition) is 1. The third-order valence-corrected chi connectivity index (χ3v) is 5.23. The van der Waals surface area contributed by atoms with E-state index < -0.39 is 0 Å². The highest BCUT2D eigenvalue weighted by Gasteiger charge is 2.20. The Morgan fingerprint density at radius 2 is 2.08 bits per heavy atom. The number of hydrogen-bond acceptors (Lipinski definition) is 5. The summed E-state index contributed by atoms with van der Waals surface area (Å²) in [4.78, 5) is 22.9. The fraction of sp³-hybridized carbons (Fsp3) is 0.706. The molecule has 0 aliphatic heterocycles. The van der Waals surface area contributed by atoms with Gasteiger partial charge in [-0.1, -0.05) is 56.5 Å². The first kappa shape index (κ1) is 19.3. The molecule has 1 aromatic rings. The Hall–Kier alpha value is -1.01. The molecule has 134 valence electrons. The number of thioether (sulfide) groups is 1. The van der Waals surface area contributed by atoms with Crippen LogP contribution in [0.4, 0.5) is 5.82 Å². The van der Waals surface area contributed by atoms with Crippen molar-refractivity contribution < 1.29 is 4.79 Å². The van der Waals surface area contributed by atoms with Crippen LogP contribution in [0.2, 0.25) is 5.15 Å². The molecule has 0 bridgehead atoms. The molecule has 1 N–H and O–H groups in total. The molecular formula is C17H27ClN4OS. The van der Waals surface area contributed by atoms with Crippen molar-refractivity contribution in [3.63, 3.8) is 0 Å². The minimum atomic E-state index is -0.000499. The maximum absolute atomic E-state index is 11.8. The van der Waals surface area contributed by atoms with Crippen LogP contribution in [0.1, 0.15) is 46.0 Å². The van der Waals surface area contributed by atoms with E-state index >= 15 is 0 Å².